The van der Waals surface area contributed by atoms with Crippen molar-refractivity contribution in [2.75, 3.05) is 11.8 Å². The highest BCUT2D eigenvalue weighted by Gasteiger charge is 2.28. The molecule has 3 aromatic carbocycles. The fourth-order valence-electron chi connectivity index (χ4n) is 3.93. The first-order valence-electron chi connectivity index (χ1n) is 10.7. The lowest BCUT2D eigenvalue weighted by Crippen LogP contribution is -2.43. The van der Waals surface area contributed by atoms with Gasteiger partial charge < -0.3 is 10.1 Å². The van der Waals surface area contributed by atoms with Crippen LogP contribution >= 0.6 is 11.6 Å². The second-order valence-electron chi connectivity index (χ2n) is 8.77. The standard InChI is InChI=1S/C26H25ClN2O4S/c1-26(2)16-18-7-10-21(33-3)14-23(18)24(28-26)15-25(30)17-5-4-6-20(13-17)29-34(31,32)22-11-8-19(27)9-12-22/h4-15,28-29H,16H2,1-3H3. The molecule has 4 rings (SSSR count). The third kappa shape index (κ3) is 5.26. The third-order valence-electron chi connectivity index (χ3n) is 5.51. The van der Waals surface area contributed by atoms with Crippen LogP contribution in [0.5, 0.6) is 5.75 Å². The summed E-state index contributed by atoms with van der Waals surface area (Å²) in [6, 6.07) is 18.1. The minimum Gasteiger partial charge on any atom is -0.497 e. The molecule has 6 nitrogen and oxygen atoms in total. The van der Waals surface area contributed by atoms with E-state index in [0.717, 1.165) is 17.5 Å². The van der Waals surface area contributed by atoms with Crippen LogP contribution in [0.3, 0.4) is 0 Å². The molecule has 0 saturated carbocycles. The Hall–Kier alpha value is -3.29. The predicted octanol–water partition coefficient (Wildman–Crippen LogP) is 5.30. The highest BCUT2D eigenvalue weighted by Crippen LogP contribution is 2.32. The number of sulfonamides is 1. The number of hydrogen-bond acceptors (Lipinski definition) is 5. The lowest BCUT2D eigenvalue weighted by Gasteiger charge is -2.35. The smallest absolute Gasteiger partial charge is 0.261 e. The highest BCUT2D eigenvalue weighted by molar-refractivity contribution is 7.92. The molecule has 0 bridgehead atoms. The number of fused-ring (bicyclic) bond motifs is 1. The quantitative estimate of drug-likeness (QED) is 0.357. The molecule has 2 N–H and O–H groups in total. The van der Waals surface area contributed by atoms with Gasteiger partial charge in [0.1, 0.15) is 5.75 Å². The Morgan fingerprint density at radius 3 is 2.53 bits per heavy atom. The molecule has 176 valence electrons. The Labute approximate surface area is 204 Å². The summed E-state index contributed by atoms with van der Waals surface area (Å²) in [6.45, 7) is 4.15. The van der Waals surface area contributed by atoms with Gasteiger partial charge >= 0.3 is 0 Å². The van der Waals surface area contributed by atoms with Gasteiger partial charge in [0.2, 0.25) is 0 Å². The van der Waals surface area contributed by atoms with Gasteiger partial charge in [0.15, 0.2) is 5.78 Å². The van der Waals surface area contributed by atoms with Gasteiger partial charge in [-0.3, -0.25) is 9.52 Å². The van der Waals surface area contributed by atoms with Crippen molar-refractivity contribution in [3.63, 3.8) is 0 Å². The molecule has 0 amide bonds. The van der Waals surface area contributed by atoms with Crippen molar-refractivity contribution in [2.45, 2.75) is 30.7 Å². The van der Waals surface area contributed by atoms with Crippen molar-refractivity contribution in [2.24, 2.45) is 0 Å². The van der Waals surface area contributed by atoms with E-state index in [4.69, 9.17) is 16.3 Å². The van der Waals surface area contributed by atoms with Gasteiger partial charge in [0, 0.05) is 39.1 Å². The molecule has 0 spiro atoms. The monoisotopic (exact) mass is 496 g/mol. The number of ketones is 1. The third-order valence-corrected chi connectivity index (χ3v) is 7.16. The van der Waals surface area contributed by atoms with E-state index in [0.29, 0.717) is 27.7 Å². The molecule has 1 heterocycles. The summed E-state index contributed by atoms with van der Waals surface area (Å²) < 4.78 is 33.3. The zero-order valence-electron chi connectivity index (χ0n) is 19.1. The fourth-order valence-corrected chi connectivity index (χ4v) is 5.11. The summed E-state index contributed by atoms with van der Waals surface area (Å²) in [6.07, 6.45) is 2.35. The molecular weight excluding hydrogens is 472 g/mol. The van der Waals surface area contributed by atoms with Gasteiger partial charge in [0.05, 0.1) is 12.0 Å². The van der Waals surface area contributed by atoms with Gasteiger partial charge in [-0.2, -0.15) is 0 Å². The Bertz CT molecular complexity index is 1380. The van der Waals surface area contributed by atoms with Crippen LogP contribution in [0.4, 0.5) is 5.69 Å². The van der Waals surface area contributed by atoms with Crippen LogP contribution in [0, 0.1) is 0 Å². The number of rotatable bonds is 6. The normalized spacial score (nSPS) is 15.8. The summed E-state index contributed by atoms with van der Waals surface area (Å²) in [7, 11) is -2.22. The van der Waals surface area contributed by atoms with Crippen molar-refractivity contribution < 1.29 is 17.9 Å². The second kappa shape index (κ2) is 9.16. The first-order valence-corrected chi connectivity index (χ1v) is 12.5. The highest BCUT2D eigenvalue weighted by atomic mass is 35.5. The van der Waals surface area contributed by atoms with Gasteiger partial charge in [-0.05, 0) is 74.4 Å². The number of carbonyl (C=O) groups is 1. The van der Waals surface area contributed by atoms with Crippen molar-refractivity contribution in [1.82, 2.24) is 5.32 Å². The second-order valence-corrected chi connectivity index (χ2v) is 10.9. The Morgan fingerprint density at radius 1 is 1.09 bits per heavy atom. The summed E-state index contributed by atoms with van der Waals surface area (Å²) in [5.74, 6) is 0.457. The Morgan fingerprint density at radius 2 is 1.82 bits per heavy atom. The van der Waals surface area contributed by atoms with Gasteiger partial charge in [0.25, 0.3) is 10.0 Å². The SMILES string of the molecule is COc1ccc2c(c1)C(=CC(=O)c1cccc(NS(=O)(=O)c3ccc(Cl)cc3)c1)NC(C)(C)C2. The molecule has 8 heteroatoms. The zero-order chi connectivity index (χ0) is 24.5. The minimum absolute atomic E-state index is 0.0786. The molecule has 1 aliphatic rings. The molecule has 34 heavy (non-hydrogen) atoms. The van der Waals surface area contributed by atoms with Crippen molar-refractivity contribution >= 4 is 38.8 Å². The predicted molar refractivity (Wildman–Crippen MR) is 135 cm³/mol. The summed E-state index contributed by atoms with van der Waals surface area (Å²) in [5.41, 5.74) is 3.14. The average Bonchev–Trinajstić information content (AvgIpc) is 2.78. The number of hydrogen-bond donors (Lipinski definition) is 2. The largest absolute Gasteiger partial charge is 0.497 e. The van der Waals surface area contributed by atoms with Gasteiger partial charge in [-0.25, -0.2) is 8.42 Å². The molecule has 3 aromatic rings. The Kier molecular flexibility index (Phi) is 6.43. The van der Waals surface area contributed by atoms with E-state index in [1.807, 2.05) is 18.2 Å². The fraction of sp³-hybridized carbons (Fsp3) is 0.192. The zero-order valence-corrected chi connectivity index (χ0v) is 20.6. The van der Waals surface area contributed by atoms with Crippen LogP contribution in [0.2, 0.25) is 5.02 Å². The molecular formula is C26H25ClN2O4S. The van der Waals surface area contributed by atoms with Crippen LogP contribution < -0.4 is 14.8 Å². The molecule has 0 fully saturated rings. The topological polar surface area (TPSA) is 84.5 Å². The lowest BCUT2D eigenvalue weighted by molar-refractivity contribution is 0.104. The molecule has 0 radical (unpaired) electrons. The first-order chi connectivity index (χ1) is 16.1. The molecule has 0 unspecified atom stereocenters. The van der Waals surface area contributed by atoms with E-state index in [1.165, 1.54) is 30.3 Å². The van der Waals surface area contributed by atoms with E-state index < -0.39 is 10.0 Å². The van der Waals surface area contributed by atoms with E-state index in [1.54, 1.807) is 31.4 Å². The number of nitrogens with one attached hydrogen (secondary N) is 2. The molecule has 0 aliphatic carbocycles. The number of halogens is 1. The maximum absolute atomic E-state index is 13.2. The van der Waals surface area contributed by atoms with Crippen LogP contribution in [-0.4, -0.2) is 26.8 Å². The number of carbonyl (C=O) groups excluding carboxylic acids is 1. The van der Waals surface area contributed by atoms with E-state index in [-0.39, 0.29) is 16.2 Å². The number of benzene rings is 3. The first kappa shape index (κ1) is 23.9. The maximum atomic E-state index is 13.2. The Balaban J connectivity index is 1.63. The van der Waals surface area contributed by atoms with Crippen LogP contribution in [0.1, 0.15) is 35.3 Å². The van der Waals surface area contributed by atoms with E-state index in [9.17, 15) is 13.2 Å². The van der Waals surface area contributed by atoms with Crippen LogP contribution in [0.15, 0.2) is 77.7 Å². The van der Waals surface area contributed by atoms with E-state index >= 15 is 0 Å². The lowest BCUT2D eigenvalue weighted by atomic mass is 9.85. The summed E-state index contributed by atoms with van der Waals surface area (Å²) >= 11 is 5.85. The summed E-state index contributed by atoms with van der Waals surface area (Å²) in [5, 5.41) is 3.89. The van der Waals surface area contributed by atoms with Gasteiger partial charge in [-0.15, -0.1) is 0 Å². The number of ether oxygens (including phenoxy) is 1. The molecule has 0 atom stereocenters. The molecule has 0 aromatic heterocycles. The van der Waals surface area contributed by atoms with Crippen molar-refractivity contribution in [1.29, 1.82) is 0 Å². The minimum atomic E-state index is -3.82. The summed E-state index contributed by atoms with van der Waals surface area (Å²) in [4.78, 5) is 13.3. The maximum Gasteiger partial charge on any atom is 0.261 e. The van der Waals surface area contributed by atoms with Crippen molar-refractivity contribution in [3.8, 4) is 5.75 Å². The van der Waals surface area contributed by atoms with E-state index in [2.05, 4.69) is 23.9 Å². The van der Waals surface area contributed by atoms with Crippen molar-refractivity contribution in [3.05, 3.63) is 94.5 Å². The van der Waals surface area contributed by atoms with Crippen LogP contribution in [0.25, 0.3) is 5.70 Å². The number of allylic oxidation sites excluding steroid dienone is 1. The molecule has 1 aliphatic heterocycles. The number of anilines is 1. The average molecular weight is 497 g/mol. The molecule has 0 saturated heterocycles. The number of methoxy groups -OCH3 is 1. The van der Waals surface area contributed by atoms with Crippen LogP contribution in [-0.2, 0) is 16.4 Å². The van der Waals surface area contributed by atoms with Gasteiger partial charge in [-0.1, -0.05) is 29.8 Å².